The van der Waals surface area contributed by atoms with Crippen LogP contribution in [0.5, 0.6) is 0 Å². The van der Waals surface area contributed by atoms with Crippen LogP contribution in [0.2, 0.25) is 0 Å². The van der Waals surface area contributed by atoms with Crippen LogP contribution in [0.4, 0.5) is 4.79 Å². The lowest BCUT2D eigenvalue weighted by atomic mass is 10.3. The van der Waals surface area contributed by atoms with Gasteiger partial charge in [-0.15, -0.1) is 0 Å². The van der Waals surface area contributed by atoms with E-state index in [9.17, 15) is 14.4 Å². The lowest BCUT2D eigenvalue weighted by molar-refractivity contribution is -0.572. The van der Waals surface area contributed by atoms with E-state index in [1.165, 1.54) is 0 Å². The molecule has 2 N–H and O–H groups in total. The van der Waals surface area contributed by atoms with Crippen LogP contribution in [0, 0.1) is 0 Å². The van der Waals surface area contributed by atoms with E-state index in [4.69, 9.17) is 0 Å². The second-order valence-corrected chi connectivity index (χ2v) is 2.21. The minimum Gasteiger partial charge on any atom is -0.476 e. The summed E-state index contributed by atoms with van der Waals surface area (Å²) in [6.45, 7) is 0. The van der Waals surface area contributed by atoms with E-state index in [2.05, 4.69) is 12.8 Å². The van der Waals surface area contributed by atoms with Gasteiger partial charge in [-0.2, -0.15) is 0 Å². The highest BCUT2D eigenvalue weighted by atomic mass is 32.1. The summed E-state index contributed by atoms with van der Waals surface area (Å²) in [5.74, 6) is -1.15. The average Bonchev–Trinajstić information content (AvgIpc) is 1.82. The molecule has 0 aromatic heterocycles. The Balaban J connectivity index is 2.76. The Morgan fingerprint density at radius 1 is 1.40 bits per heavy atom. The first kappa shape index (κ1) is 7.23. The van der Waals surface area contributed by atoms with E-state index in [-0.39, 0.29) is 10.7 Å². The van der Waals surface area contributed by atoms with Crippen molar-refractivity contribution in [3.8, 4) is 0 Å². The molecule has 0 spiro atoms. The molecule has 1 rings (SSSR count). The molecule has 0 bridgehead atoms. The molecule has 1 aliphatic heterocycles. The predicted molar refractivity (Wildman–Crippen MR) is 31.5 cm³/mol. The van der Waals surface area contributed by atoms with Gasteiger partial charge in [0, 0.05) is 0 Å². The van der Waals surface area contributed by atoms with Gasteiger partial charge in [-0.05, 0) is 0 Å². The third-order valence-corrected chi connectivity index (χ3v) is 1.45. The van der Waals surface area contributed by atoms with E-state index in [1.807, 2.05) is 5.32 Å². The van der Waals surface area contributed by atoms with Crippen LogP contribution >= 0.6 is 0 Å². The van der Waals surface area contributed by atoms with Crippen molar-refractivity contribution in [3.63, 3.8) is 0 Å². The van der Waals surface area contributed by atoms with Crippen molar-refractivity contribution in [2.24, 2.45) is 0 Å². The van der Waals surface area contributed by atoms with E-state index in [1.54, 1.807) is 0 Å². The second kappa shape index (κ2) is 2.39. The first-order chi connectivity index (χ1) is 4.61. The largest absolute Gasteiger partial charge is 0.476 e. The van der Waals surface area contributed by atoms with Crippen molar-refractivity contribution in [3.05, 3.63) is 0 Å². The van der Waals surface area contributed by atoms with Crippen LogP contribution in [0.25, 0.3) is 0 Å². The van der Waals surface area contributed by atoms with Gasteiger partial charge in [0.25, 0.3) is 0 Å². The van der Waals surface area contributed by atoms with Crippen molar-refractivity contribution < 1.29 is 18.7 Å². The molecular weight excluding hydrogens is 156 g/mol. The standard InChI is InChI=1S/C4H4N2O3S/c7-2-1-3(8)6(10)4(9)5-2/h6H,1H2,(H,5,7,9). The number of barbiturate groups is 1. The van der Waals surface area contributed by atoms with Crippen molar-refractivity contribution in [1.82, 2.24) is 5.32 Å². The van der Waals surface area contributed by atoms with Crippen molar-refractivity contribution in [2.75, 3.05) is 0 Å². The van der Waals surface area contributed by atoms with Gasteiger partial charge in [0.2, 0.25) is 5.91 Å². The van der Waals surface area contributed by atoms with E-state index in [0.717, 1.165) is 0 Å². The van der Waals surface area contributed by atoms with Crippen molar-refractivity contribution in [1.29, 1.82) is 0 Å². The Bertz CT molecular complexity index is 195. The molecular formula is C4H4N2O3S. The fourth-order valence-corrected chi connectivity index (χ4v) is 0.704. The lowest BCUT2D eigenvalue weighted by Crippen LogP contribution is -3.16. The molecule has 10 heavy (non-hydrogen) atoms. The molecule has 1 atom stereocenters. The van der Waals surface area contributed by atoms with Gasteiger partial charge < -0.3 is 17.1 Å². The van der Waals surface area contributed by atoms with Gasteiger partial charge in [-0.3, -0.25) is 4.79 Å². The summed E-state index contributed by atoms with van der Waals surface area (Å²) in [4.78, 5) is 31.5. The van der Waals surface area contributed by atoms with Crippen LogP contribution in [0.15, 0.2) is 0 Å². The third-order valence-electron chi connectivity index (χ3n) is 1.03. The Morgan fingerprint density at radius 2 is 2.00 bits per heavy atom. The molecule has 1 heterocycles. The van der Waals surface area contributed by atoms with Gasteiger partial charge in [-0.1, -0.05) is 0 Å². The average molecular weight is 160 g/mol. The number of rotatable bonds is 0. The highest BCUT2D eigenvalue weighted by molar-refractivity contribution is 7.52. The molecule has 5 nitrogen and oxygen atoms in total. The van der Waals surface area contributed by atoms with E-state index >= 15 is 0 Å². The number of carbonyl (C=O) groups is 3. The minimum atomic E-state index is -0.753. The summed E-state index contributed by atoms with van der Waals surface area (Å²) < 4.78 is -0.306. The number of hydrogen-bond donors (Lipinski definition) is 2. The molecule has 4 amide bonds. The Labute approximate surface area is 61.9 Å². The highest BCUT2D eigenvalue weighted by Gasteiger charge is 2.28. The fourth-order valence-electron chi connectivity index (χ4n) is 0.580. The first-order valence-corrected chi connectivity index (χ1v) is 2.93. The summed E-state index contributed by atoms with van der Waals surface area (Å²) in [7, 11) is 0. The minimum absolute atomic E-state index is 0.301. The maximum atomic E-state index is 10.6. The zero-order valence-corrected chi connectivity index (χ0v) is 5.66. The molecule has 0 saturated carbocycles. The van der Waals surface area contributed by atoms with E-state index in [0.29, 0.717) is 0 Å². The van der Waals surface area contributed by atoms with Gasteiger partial charge in [-0.25, -0.2) is 14.9 Å². The number of nitrogens with one attached hydrogen (secondary N) is 2. The molecule has 1 fully saturated rings. The van der Waals surface area contributed by atoms with Crippen LogP contribution < -0.4 is 9.62 Å². The first-order valence-electron chi connectivity index (χ1n) is 2.52. The van der Waals surface area contributed by atoms with Crippen molar-refractivity contribution >= 4 is 30.7 Å². The SMILES string of the molecule is O=C1CC(=O)[NH+]([S-])C(=O)N1. The predicted octanol–water partition coefficient (Wildman–Crippen LogP) is -2.50. The number of imide groups is 2. The fraction of sp³-hybridized carbons (Fsp3) is 0.250. The Kier molecular flexibility index (Phi) is 1.73. The summed E-state index contributed by atoms with van der Waals surface area (Å²) in [6, 6.07) is -0.753. The third kappa shape index (κ3) is 1.17. The van der Waals surface area contributed by atoms with Gasteiger partial charge in [0.05, 0.1) is 0 Å². The molecule has 1 saturated heterocycles. The topological polar surface area (TPSA) is 67.7 Å². The maximum Gasteiger partial charge on any atom is 0.411 e. The quantitative estimate of drug-likeness (QED) is 0.303. The Hall–Kier alpha value is -0.880. The molecule has 0 aliphatic carbocycles. The Morgan fingerprint density at radius 3 is 2.50 bits per heavy atom. The smallest absolute Gasteiger partial charge is 0.411 e. The number of hydrogen-bond acceptors (Lipinski definition) is 4. The molecule has 6 heteroatoms. The number of carbonyl (C=O) groups excluding carboxylic acids is 3. The number of quaternary nitrogens is 1. The van der Waals surface area contributed by atoms with Crippen LogP contribution in [-0.2, 0) is 22.4 Å². The summed E-state index contributed by atoms with van der Waals surface area (Å²) in [5, 5.41) is 1.92. The molecule has 0 aromatic carbocycles. The number of urea groups is 1. The second-order valence-electron chi connectivity index (χ2n) is 1.81. The normalized spacial score (nSPS) is 26.5. The lowest BCUT2D eigenvalue weighted by Gasteiger charge is -2.21. The highest BCUT2D eigenvalue weighted by Crippen LogP contribution is 1.81. The summed E-state index contributed by atoms with van der Waals surface area (Å²) in [6.07, 6.45) is -0.301. The zero-order valence-electron chi connectivity index (χ0n) is 4.84. The molecule has 54 valence electrons. The van der Waals surface area contributed by atoms with Crippen LogP contribution in [-0.4, -0.2) is 17.8 Å². The zero-order chi connectivity index (χ0) is 7.72. The molecule has 0 radical (unpaired) electrons. The molecule has 1 unspecified atom stereocenters. The van der Waals surface area contributed by atoms with Gasteiger partial charge in [0.1, 0.15) is 6.42 Å². The van der Waals surface area contributed by atoms with Crippen molar-refractivity contribution in [2.45, 2.75) is 6.42 Å². The maximum absolute atomic E-state index is 10.6. The van der Waals surface area contributed by atoms with Crippen LogP contribution in [0.1, 0.15) is 6.42 Å². The molecule has 0 aromatic rings. The monoisotopic (exact) mass is 160 g/mol. The molecule has 1 aliphatic rings. The van der Waals surface area contributed by atoms with Gasteiger partial charge in [0.15, 0.2) is 0 Å². The van der Waals surface area contributed by atoms with Crippen LogP contribution in [0.3, 0.4) is 0 Å². The summed E-state index contributed by atoms with van der Waals surface area (Å²) >= 11 is 4.39. The van der Waals surface area contributed by atoms with E-state index < -0.39 is 17.8 Å². The summed E-state index contributed by atoms with van der Waals surface area (Å²) in [5.41, 5.74) is 0. The van der Waals surface area contributed by atoms with Gasteiger partial charge >= 0.3 is 11.9 Å². The number of amides is 4.